The van der Waals surface area contributed by atoms with Gasteiger partial charge in [0, 0.05) is 43.5 Å². The van der Waals surface area contributed by atoms with Gasteiger partial charge in [-0.2, -0.15) is 0 Å². The first kappa shape index (κ1) is 13.5. The molecule has 5 nitrogen and oxygen atoms in total. The summed E-state index contributed by atoms with van der Waals surface area (Å²) in [5.41, 5.74) is 0.120. The molecule has 1 fully saturated rings. The monoisotopic (exact) mass is 271 g/mol. The van der Waals surface area contributed by atoms with E-state index in [1.165, 1.54) is 11.3 Å². The van der Waals surface area contributed by atoms with Crippen molar-refractivity contribution >= 4 is 17.3 Å². The fourth-order valence-corrected chi connectivity index (χ4v) is 2.79. The molecule has 0 amide bonds. The van der Waals surface area contributed by atoms with E-state index < -0.39 is 5.97 Å². The minimum absolute atomic E-state index is 0.229. The van der Waals surface area contributed by atoms with Crippen LogP contribution in [0.25, 0.3) is 0 Å². The zero-order valence-corrected chi connectivity index (χ0v) is 11.1. The van der Waals surface area contributed by atoms with Crippen LogP contribution in [0, 0.1) is 0 Å². The number of nitrogens with one attached hydrogen (secondary N) is 1. The van der Waals surface area contributed by atoms with E-state index in [0.29, 0.717) is 25.3 Å². The summed E-state index contributed by atoms with van der Waals surface area (Å²) >= 11 is 1.45. The lowest BCUT2D eigenvalue weighted by Gasteiger charge is -2.25. The number of carbonyl (C=O) groups is 1. The Morgan fingerprint density at radius 2 is 2.56 bits per heavy atom. The van der Waals surface area contributed by atoms with Crippen LogP contribution in [0.2, 0.25) is 0 Å². The molecule has 0 aliphatic carbocycles. The van der Waals surface area contributed by atoms with Gasteiger partial charge in [0.05, 0.1) is 12.2 Å². The normalized spacial score (nSPS) is 23.4. The molecular formula is C12H17NO4S. The number of hydrogen-bond acceptors (Lipinski definition) is 5. The summed E-state index contributed by atoms with van der Waals surface area (Å²) in [6.07, 6.45) is 0.890. The number of carboxylic acids is 1. The Morgan fingerprint density at radius 3 is 3.11 bits per heavy atom. The summed E-state index contributed by atoms with van der Waals surface area (Å²) in [5, 5.41) is 13.8. The summed E-state index contributed by atoms with van der Waals surface area (Å²) in [6, 6.07) is 1.70. The van der Waals surface area contributed by atoms with E-state index in [2.05, 4.69) is 5.32 Å². The average Bonchev–Trinajstić information content (AvgIpc) is 2.98. The summed E-state index contributed by atoms with van der Waals surface area (Å²) in [6.45, 7) is 2.71. The maximum Gasteiger partial charge on any atom is 0.336 e. The third kappa shape index (κ3) is 3.08. The van der Waals surface area contributed by atoms with Crippen LogP contribution in [0.3, 0.4) is 0 Å². The lowest BCUT2D eigenvalue weighted by Crippen LogP contribution is -2.42. The highest BCUT2D eigenvalue weighted by Gasteiger charge is 2.34. The van der Waals surface area contributed by atoms with Crippen molar-refractivity contribution in [3.8, 4) is 0 Å². The third-order valence-corrected chi connectivity index (χ3v) is 4.08. The van der Waals surface area contributed by atoms with Gasteiger partial charge in [-0.3, -0.25) is 0 Å². The van der Waals surface area contributed by atoms with Crippen LogP contribution in [-0.4, -0.2) is 43.5 Å². The molecular weight excluding hydrogens is 254 g/mol. The van der Waals surface area contributed by atoms with Gasteiger partial charge >= 0.3 is 5.97 Å². The molecule has 1 aliphatic rings. The van der Waals surface area contributed by atoms with E-state index in [4.69, 9.17) is 14.6 Å². The first-order chi connectivity index (χ1) is 8.65. The molecule has 1 aliphatic heterocycles. The van der Waals surface area contributed by atoms with Crippen LogP contribution in [0.15, 0.2) is 11.4 Å². The molecule has 2 rings (SSSR count). The van der Waals surface area contributed by atoms with Gasteiger partial charge in [-0.15, -0.1) is 11.3 Å². The number of ether oxygens (including phenoxy) is 2. The first-order valence-corrected chi connectivity index (χ1v) is 6.67. The van der Waals surface area contributed by atoms with Crippen molar-refractivity contribution in [3.05, 3.63) is 21.9 Å². The van der Waals surface area contributed by atoms with Crippen molar-refractivity contribution in [3.63, 3.8) is 0 Å². The largest absolute Gasteiger partial charge is 0.478 e. The van der Waals surface area contributed by atoms with E-state index in [1.807, 2.05) is 0 Å². The zero-order chi connectivity index (χ0) is 13.0. The predicted molar refractivity (Wildman–Crippen MR) is 68.2 cm³/mol. The molecule has 2 heterocycles. The second kappa shape index (κ2) is 5.79. The van der Waals surface area contributed by atoms with Crippen LogP contribution in [0.4, 0.5) is 0 Å². The number of carboxylic acid groups (broad SMARTS) is 1. The Balaban J connectivity index is 1.82. The molecule has 2 N–H and O–H groups in total. The van der Waals surface area contributed by atoms with Crippen molar-refractivity contribution < 1.29 is 19.4 Å². The molecule has 1 aromatic heterocycles. The molecule has 1 aromatic rings. The van der Waals surface area contributed by atoms with Gasteiger partial charge in [-0.05, 0) is 6.07 Å². The topological polar surface area (TPSA) is 67.8 Å². The van der Waals surface area contributed by atoms with Crippen LogP contribution in [0.5, 0.6) is 0 Å². The van der Waals surface area contributed by atoms with E-state index in [9.17, 15) is 4.79 Å². The zero-order valence-electron chi connectivity index (χ0n) is 10.3. The Bertz CT molecular complexity index is 412. The van der Waals surface area contributed by atoms with Crippen LogP contribution in [0.1, 0.15) is 21.7 Å². The SMILES string of the molecule is COC1(CNCc2cc(C(=O)O)cs2)CCOC1. The highest BCUT2D eigenvalue weighted by molar-refractivity contribution is 7.10. The molecule has 0 saturated carbocycles. The predicted octanol–water partition coefficient (Wildman–Crippen LogP) is 1.34. The molecule has 1 saturated heterocycles. The minimum Gasteiger partial charge on any atom is -0.478 e. The van der Waals surface area contributed by atoms with Crippen LogP contribution >= 0.6 is 11.3 Å². The maximum absolute atomic E-state index is 10.7. The van der Waals surface area contributed by atoms with Gasteiger partial charge < -0.3 is 19.9 Å². The Labute approximate surface area is 110 Å². The van der Waals surface area contributed by atoms with Crippen LogP contribution < -0.4 is 5.32 Å². The molecule has 0 bridgehead atoms. The molecule has 100 valence electrons. The van der Waals surface area contributed by atoms with Crippen LogP contribution in [-0.2, 0) is 16.0 Å². The quantitative estimate of drug-likeness (QED) is 0.817. The summed E-state index contributed by atoms with van der Waals surface area (Å²) in [5.74, 6) is -0.880. The van der Waals surface area contributed by atoms with Gasteiger partial charge in [0.2, 0.25) is 0 Å². The van der Waals surface area contributed by atoms with Gasteiger partial charge in [0.25, 0.3) is 0 Å². The van der Waals surface area contributed by atoms with Gasteiger partial charge in [-0.25, -0.2) is 4.79 Å². The number of thiophene rings is 1. The Morgan fingerprint density at radius 1 is 1.72 bits per heavy atom. The summed E-state index contributed by atoms with van der Waals surface area (Å²) in [4.78, 5) is 11.8. The lowest BCUT2D eigenvalue weighted by atomic mass is 10.0. The minimum atomic E-state index is -0.880. The smallest absolute Gasteiger partial charge is 0.336 e. The van der Waals surface area contributed by atoms with Gasteiger partial charge in [-0.1, -0.05) is 0 Å². The highest BCUT2D eigenvalue weighted by Crippen LogP contribution is 2.22. The first-order valence-electron chi connectivity index (χ1n) is 5.79. The van der Waals surface area contributed by atoms with Gasteiger partial charge in [0.15, 0.2) is 0 Å². The molecule has 0 spiro atoms. The Hall–Kier alpha value is -0.950. The molecule has 18 heavy (non-hydrogen) atoms. The van der Waals surface area contributed by atoms with Crippen molar-refractivity contribution in [1.29, 1.82) is 0 Å². The lowest BCUT2D eigenvalue weighted by molar-refractivity contribution is -0.0159. The van der Waals surface area contributed by atoms with E-state index in [0.717, 1.165) is 17.9 Å². The number of methoxy groups -OCH3 is 1. The molecule has 0 radical (unpaired) electrons. The number of rotatable bonds is 6. The fraction of sp³-hybridized carbons (Fsp3) is 0.583. The second-order valence-corrected chi connectivity index (χ2v) is 5.40. The van der Waals surface area contributed by atoms with E-state index in [-0.39, 0.29) is 5.60 Å². The van der Waals surface area contributed by atoms with E-state index in [1.54, 1.807) is 18.6 Å². The average molecular weight is 271 g/mol. The number of hydrogen-bond donors (Lipinski definition) is 2. The molecule has 1 atom stereocenters. The Kier molecular flexibility index (Phi) is 4.34. The standard InChI is InChI=1S/C12H17NO4S/c1-16-12(2-3-17-8-12)7-13-5-10-4-9(6-18-10)11(14)15/h4,6,13H,2-3,5,7-8H2,1H3,(H,14,15). The van der Waals surface area contributed by atoms with Crippen molar-refractivity contribution in [2.24, 2.45) is 0 Å². The summed E-state index contributed by atoms with van der Waals surface area (Å²) in [7, 11) is 1.70. The third-order valence-electron chi connectivity index (χ3n) is 3.15. The molecule has 0 aromatic carbocycles. The molecule has 1 unspecified atom stereocenters. The number of aromatic carboxylic acids is 1. The maximum atomic E-state index is 10.7. The summed E-state index contributed by atoms with van der Waals surface area (Å²) < 4.78 is 10.9. The van der Waals surface area contributed by atoms with Crippen molar-refractivity contribution in [1.82, 2.24) is 5.32 Å². The fourth-order valence-electron chi connectivity index (χ4n) is 1.96. The highest BCUT2D eigenvalue weighted by atomic mass is 32.1. The van der Waals surface area contributed by atoms with Gasteiger partial charge in [0.1, 0.15) is 5.60 Å². The van der Waals surface area contributed by atoms with Crippen molar-refractivity contribution in [2.45, 2.75) is 18.6 Å². The second-order valence-electron chi connectivity index (χ2n) is 4.40. The van der Waals surface area contributed by atoms with Crippen molar-refractivity contribution in [2.75, 3.05) is 26.9 Å². The molecule has 6 heteroatoms. The van der Waals surface area contributed by atoms with E-state index >= 15 is 0 Å².